The molecular weight excluding hydrogens is 444 g/mol. The number of H-pyrrole nitrogens is 1. The number of aromatic nitrogens is 4. The van der Waals surface area contributed by atoms with E-state index in [4.69, 9.17) is 10.1 Å². The van der Waals surface area contributed by atoms with Crippen LogP contribution in [0.4, 0.5) is 14.6 Å². The number of allylic oxidation sites excluding steroid dienone is 1. The van der Waals surface area contributed by atoms with Crippen LogP contribution in [-0.2, 0) is 14.8 Å². The highest BCUT2D eigenvalue weighted by Gasteiger charge is 2.40. The van der Waals surface area contributed by atoms with Gasteiger partial charge >= 0.3 is 0 Å². The van der Waals surface area contributed by atoms with Gasteiger partial charge in [-0.3, -0.25) is 5.41 Å². The van der Waals surface area contributed by atoms with Gasteiger partial charge in [-0.15, -0.1) is 0 Å². The number of aromatic amines is 1. The largest absolute Gasteiger partial charge is 0.373 e. The van der Waals surface area contributed by atoms with Crippen molar-refractivity contribution in [2.24, 2.45) is 0 Å². The summed E-state index contributed by atoms with van der Waals surface area (Å²) >= 11 is 0. The predicted molar refractivity (Wildman–Crippen MR) is 114 cm³/mol. The van der Waals surface area contributed by atoms with Gasteiger partial charge in [-0.2, -0.15) is 4.31 Å². The van der Waals surface area contributed by atoms with E-state index in [1.54, 1.807) is 6.07 Å². The number of imidazole rings is 1. The summed E-state index contributed by atoms with van der Waals surface area (Å²) in [5, 5.41) is 7.17. The van der Waals surface area contributed by atoms with Crippen molar-refractivity contribution in [2.75, 3.05) is 37.4 Å². The third-order valence-electron chi connectivity index (χ3n) is 5.49. The van der Waals surface area contributed by atoms with Gasteiger partial charge in [0.05, 0.1) is 48.3 Å². The van der Waals surface area contributed by atoms with Crippen LogP contribution in [0.25, 0.3) is 17.5 Å². The number of hydrogen-bond donors (Lipinski definition) is 2. The lowest BCUT2D eigenvalue weighted by molar-refractivity contribution is -0.0172. The third kappa shape index (κ3) is 4.84. The quantitative estimate of drug-likeness (QED) is 0.615. The van der Waals surface area contributed by atoms with Crippen LogP contribution in [0.1, 0.15) is 12.2 Å². The van der Waals surface area contributed by atoms with E-state index >= 15 is 0 Å². The number of fused-ring (bicyclic) bond motifs is 1. The number of sulfonamides is 1. The Bertz CT molecular complexity index is 1120. The Morgan fingerprint density at radius 2 is 2.16 bits per heavy atom. The average Bonchev–Trinajstić information content (AvgIpc) is 3.25. The first kappa shape index (κ1) is 22.4. The third-order valence-corrected chi connectivity index (χ3v) is 6.76. The maximum atomic E-state index is 12.5. The number of nitrogens with zero attached hydrogens (tertiary/aromatic N) is 5. The second kappa shape index (κ2) is 9.00. The second-order valence-corrected chi connectivity index (χ2v) is 9.60. The van der Waals surface area contributed by atoms with E-state index in [-0.39, 0.29) is 12.1 Å². The van der Waals surface area contributed by atoms with Crippen LogP contribution >= 0.6 is 0 Å². The smallest absolute Gasteiger partial charge is 0.279 e. The minimum atomic E-state index is -3.28. The van der Waals surface area contributed by atoms with Crippen molar-refractivity contribution in [2.45, 2.75) is 25.0 Å². The summed E-state index contributed by atoms with van der Waals surface area (Å²) < 4.78 is 56.0. The number of rotatable bonds is 6. The van der Waals surface area contributed by atoms with E-state index in [1.165, 1.54) is 29.2 Å². The van der Waals surface area contributed by atoms with Gasteiger partial charge in [0, 0.05) is 25.7 Å². The number of nitrogens with one attached hydrogen (secondary N) is 2. The molecule has 4 heterocycles. The second-order valence-electron chi connectivity index (χ2n) is 7.61. The zero-order valence-electron chi connectivity index (χ0n) is 17.3. The summed E-state index contributed by atoms with van der Waals surface area (Å²) in [6.45, 7) is 1.79. The molecule has 32 heavy (non-hydrogen) atoms. The van der Waals surface area contributed by atoms with E-state index in [2.05, 4.69) is 24.8 Å². The van der Waals surface area contributed by atoms with E-state index < -0.39 is 22.2 Å². The fourth-order valence-corrected chi connectivity index (χ4v) is 4.75. The van der Waals surface area contributed by atoms with Crippen LogP contribution < -0.4 is 4.90 Å². The van der Waals surface area contributed by atoms with Crippen molar-refractivity contribution in [1.29, 1.82) is 5.41 Å². The van der Waals surface area contributed by atoms with Crippen LogP contribution in [0.15, 0.2) is 24.7 Å². The van der Waals surface area contributed by atoms with Crippen molar-refractivity contribution >= 4 is 27.6 Å². The molecule has 2 aliphatic heterocycles. The number of hydrogen-bond acceptors (Lipinski definition) is 8. The average molecular weight is 468 g/mol. The Morgan fingerprint density at radius 3 is 2.91 bits per heavy atom. The number of piperidine rings is 1. The Hall–Kier alpha value is -2.77. The van der Waals surface area contributed by atoms with Crippen molar-refractivity contribution < 1.29 is 21.9 Å². The lowest BCUT2D eigenvalue weighted by Gasteiger charge is -2.46. The monoisotopic (exact) mass is 467 g/mol. The maximum Gasteiger partial charge on any atom is 0.279 e. The fourth-order valence-electron chi connectivity index (χ4n) is 3.89. The number of ether oxygens (including phenoxy) is 1. The Morgan fingerprint density at radius 1 is 1.34 bits per heavy atom. The molecule has 13 heteroatoms. The van der Waals surface area contributed by atoms with Gasteiger partial charge in [0.1, 0.15) is 18.0 Å². The van der Waals surface area contributed by atoms with Gasteiger partial charge in [0.15, 0.2) is 0 Å². The highest BCUT2D eigenvalue weighted by molar-refractivity contribution is 7.88. The molecule has 2 atom stereocenters. The summed E-state index contributed by atoms with van der Waals surface area (Å²) in [4.78, 5) is 17.9. The van der Waals surface area contributed by atoms with E-state index in [0.717, 1.165) is 6.08 Å². The summed E-state index contributed by atoms with van der Waals surface area (Å²) in [5.41, 5.74) is 0.354. The standard InChI is InChI=1S/C19H23F2N7O3S/c1-32(29,30)27-5-4-15-16(10-27)31-7-6-28(15)18-8-13(24-11-25-18)14-9-23-17(26-14)3-2-12(22)19(20)21/h2-3,8-9,11,15-16,19,22H,4-7,10H2,1H3,(H,23,26)/b3-2-,22-12?. The molecule has 0 radical (unpaired) electrons. The molecule has 0 aliphatic carbocycles. The summed E-state index contributed by atoms with van der Waals surface area (Å²) in [6, 6.07) is 1.79. The van der Waals surface area contributed by atoms with Gasteiger partial charge in [0.2, 0.25) is 10.0 Å². The zero-order chi connectivity index (χ0) is 22.9. The first-order valence-electron chi connectivity index (χ1n) is 9.98. The van der Waals surface area contributed by atoms with Crippen molar-refractivity contribution in [3.05, 3.63) is 30.5 Å². The van der Waals surface area contributed by atoms with Gasteiger partial charge in [0.25, 0.3) is 6.43 Å². The first-order valence-corrected chi connectivity index (χ1v) is 11.8. The number of halogens is 2. The van der Waals surface area contributed by atoms with E-state index in [0.29, 0.717) is 55.7 Å². The Kier molecular flexibility index (Phi) is 6.31. The molecule has 2 unspecified atom stereocenters. The summed E-state index contributed by atoms with van der Waals surface area (Å²) in [5.74, 6) is 1.01. The number of alkyl halides is 2. The van der Waals surface area contributed by atoms with Crippen LogP contribution in [0.5, 0.6) is 0 Å². The molecule has 0 amide bonds. The maximum absolute atomic E-state index is 12.5. The molecule has 2 aliphatic rings. The molecule has 4 rings (SSSR count). The Balaban J connectivity index is 1.52. The van der Waals surface area contributed by atoms with Crippen LogP contribution in [0.3, 0.4) is 0 Å². The molecule has 2 fully saturated rings. The Labute approximate surface area is 183 Å². The van der Waals surface area contributed by atoms with Crippen LogP contribution in [-0.4, -0.2) is 89.4 Å². The normalized spacial score (nSPS) is 22.4. The van der Waals surface area contributed by atoms with Gasteiger partial charge in [-0.25, -0.2) is 32.2 Å². The zero-order valence-corrected chi connectivity index (χ0v) is 18.1. The van der Waals surface area contributed by atoms with Crippen molar-refractivity contribution in [1.82, 2.24) is 24.2 Å². The molecular formula is C19H23F2N7O3S. The predicted octanol–water partition coefficient (Wildman–Crippen LogP) is 1.40. The van der Waals surface area contributed by atoms with Crippen molar-refractivity contribution in [3.63, 3.8) is 0 Å². The molecule has 2 saturated heterocycles. The molecule has 0 bridgehead atoms. The molecule has 0 aromatic carbocycles. The molecule has 2 N–H and O–H groups in total. The van der Waals surface area contributed by atoms with Crippen LogP contribution in [0, 0.1) is 5.41 Å². The number of anilines is 1. The molecule has 10 nitrogen and oxygen atoms in total. The lowest BCUT2D eigenvalue weighted by atomic mass is 9.99. The summed E-state index contributed by atoms with van der Waals surface area (Å²) in [7, 11) is -3.28. The highest BCUT2D eigenvalue weighted by atomic mass is 32.2. The molecule has 2 aromatic rings. The summed E-state index contributed by atoms with van der Waals surface area (Å²) in [6.07, 6.45) is 4.00. The van der Waals surface area contributed by atoms with Gasteiger partial charge < -0.3 is 14.6 Å². The van der Waals surface area contributed by atoms with Crippen LogP contribution in [0.2, 0.25) is 0 Å². The minimum Gasteiger partial charge on any atom is -0.373 e. The van der Waals surface area contributed by atoms with E-state index in [9.17, 15) is 17.2 Å². The van der Waals surface area contributed by atoms with E-state index in [1.807, 2.05) is 0 Å². The topological polar surface area (TPSA) is 128 Å². The molecule has 0 saturated carbocycles. The fraction of sp³-hybridized carbons (Fsp3) is 0.474. The molecule has 172 valence electrons. The van der Waals surface area contributed by atoms with Crippen molar-refractivity contribution in [3.8, 4) is 11.4 Å². The number of morpholine rings is 1. The van der Waals surface area contributed by atoms with Gasteiger partial charge in [-0.1, -0.05) is 0 Å². The molecule has 0 spiro atoms. The lowest BCUT2D eigenvalue weighted by Crippen LogP contribution is -2.60. The minimum absolute atomic E-state index is 0.00915. The highest BCUT2D eigenvalue weighted by Crippen LogP contribution is 2.29. The molecule has 2 aromatic heterocycles. The SMILES string of the molecule is CS(=O)(=O)N1CCC2C(C1)OCCN2c1cc(-c2cnc(/C=C\C(=N)C(F)F)[nH]2)ncn1. The van der Waals surface area contributed by atoms with Gasteiger partial charge in [-0.05, 0) is 18.6 Å². The first-order chi connectivity index (χ1) is 15.2.